The molecule has 0 saturated carbocycles. The minimum absolute atomic E-state index is 0.0119. The van der Waals surface area contributed by atoms with Crippen LogP contribution < -0.4 is 10.6 Å². The van der Waals surface area contributed by atoms with E-state index in [2.05, 4.69) is 29.5 Å². The van der Waals surface area contributed by atoms with Gasteiger partial charge in [-0.1, -0.05) is 26.7 Å². The zero-order valence-corrected chi connectivity index (χ0v) is 13.5. The molecule has 1 saturated heterocycles. The van der Waals surface area contributed by atoms with Crippen molar-refractivity contribution in [1.82, 2.24) is 15.6 Å². The van der Waals surface area contributed by atoms with Gasteiger partial charge in [0.25, 0.3) is 0 Å². The van der Waals surface area contributed by atoms with Gasteiger partial charge in [0.2, 0.25) is 0 Å². The van der Waals surface area contributed by atoms with E-state index in [0.29, 0.717) is 5.92 Å². The molecule has 2 rings (SSSR count). The van der Waals surface area contributed by atoms with Gasteiger partial charge in [0.15, 0.2) is 0 Å². The SMILES string of the molecule is CCC(CC)CNC(=O)N[C@H]1CCCO[C@@H]1c1ccncc1. The highest BCUT2D eigenvalue weighted by molar-refractivity contribution is 5.74. The summed E-state index contributed by atoms with van der Waals surface area (Å²) < 4.78 is 5.88. The Morgan fingerprint density at radius 1 is 1.36 bits per heavy atom. The lowest BCUT2D eigenvalue weighted by Gasteiger charge is -2.32. The molecule has 0 unspecified atom stereocenters. The van der Waals surface area contributed by atoms with Gasteiger partial charge in [-0.05, 0) is 36.5 Å². The van der Waals surface area contributed by atoms with Crippen molar-refractivity contribution in [2.75, 3.05) is 13.2 Å². The molecule has 2 amide bonds. The third-order valence-electron chi connectivity index (χ3n) is 4.38. The lowest BCUT2D eigenvalue weighted by Crippen LogP contribution is -2.48. The molecule has 22 heavy (non-hydrogen) atoms. The van der Waals surface area contributed by atoms with Crippen molar-refractivity contribution in [2.45, 2.75) is 51.7 Å². The average molecular weight is 305 g/mol. The lowest BCUT2D eigenvalue weighted by atomic mass is 9.97. The van der Waals surface area contributed by atoms with Crippen LogP contribution in [0.3, 0.4) is 0 Å². The third-order valence-corrected chi connectivity index (χ3v) is 4.38. The zero-order valence-electron chi connectivity index (χ0n) is 13.5. The number of aromatic nitrogens is 1. The van der Waals surface area contributed by atoms with Gasteiger partial charge in [-0.15, -0.1) is 0 Å². The van der Waals surface area contributed by atoms with Crippen LogP contribution in [0.15, 0.2) is 24.5 Å². The number of nitrogens with one attached hydrogen (secondary N) is 2. The minimum Gasteiger partial charge on any atom is -0.371 e. The summed E-state index contributed by atoms with van der Waals surface area (Å²) in [6.07, 6.45) is 7.52. The Bertz CT molecular complexity index is 448. The normalized spacial score (nSPS) is 21.6. The second-order valence-corrected chi connectivity index (χ2v) is 5.86. The summed E-state index contributed by atoms with van der Waals surface area (Å²) in [6.45, 7) is 5.78. The summed E-state index contributed by atoms with van der Waals surface area (Å²) in [5.41, 5.74) is 1.07. The van der Waals surface area contributed by atoms with Gasteiger partial charge in [0.1, 0.15) is 6.10 Å². The van der Waals surface area contributed by atoms with Crippen molar-refractivity contribution in [2.24, 2.45) is 5.92 Å². The molecule has 0 bridgehead atoms. The van der Waals surface area contributed by atoms with Gasteiger partial charge < -0.3 is 15.4 Å². The molecule has 1 aliphatic rings. The number of pyridine rings is 1. The van der Waals surface area contributed by atoms with E-state index in [-0.39, 0.29) is 18.2 Å². The van der Waals surface area contributed by atoms with Crippen LogP contribution in [0.5, 0.6) is 0 Å². The monoisotopic (exact) mass is 305 g/mol. The molecule has 1 fully saturated rings. The molecule has 5 heteroatoms. The molecule has 0 aromatic carbocycles. The molecular weight excluding hydrogens is 278 g/mol. The van der Waals surface area contributed by atoms with E-state index in [0.717, 1.165) is 44.4 Å². The molecule has 1 aliphatic heterocycles. The van der Waals surface area contributed by atoms with Crippen LogP contribution in [0.1, 0.15) is 51.2 Å². The quantitative estimate of drug-likeness (QED) is 0.849. The predicted molar refractivity (Wildman–Crippen MR) is 86.6 cm³/mol. The second kappa shape index (κ2) is 8.73. The van der Waals surface area contributed by atoms with E-state index >= 15 is 0 Å². The number of nitrogens with zero attached hydrogens (tertiary/aromatic N) is 1. The van der Waals surface area contributed by atoms with Crippen LogP contribution >= 0.6 is 0 Å². The molecule has 5 nitrogen and oxygen atoms in total. The van der Waals surface area contributed by atoms with Crippen molar-refractivity contribution < 1.29 is 9.53 Å². The number of urea groups is 1. The van der Waals surface area contributed by atoms with Gasteiger partial charge in [-0.3, -0.25) is 4.98 Å². The number of amides is 2. The number of ether oxygens (including phenoxy) is 1. The summed E-state index contributed by atoms with van der Waals surface area (Å²) in [5, 5.41) is 6.06. The summed E-state index contributed by atoms with van der Waals surface area (Å²) in [7, 11) is 0. The molecule has 0 spiro atoms. The molecule has 2 N–H and O–H groups in total. The van der Waals surface area contributed by atoms with Crippen molar-refractivity contribution in [3.8, 4) is 0 Å². The highest BCUT2D eigenvalue weighted by atomic mass is 16.5. The number of hydrogen-bond acceptors (Lipinski definition) is 3. The standard InChI is InChI=1S/C17H27N3O2/c1-3-13(4-2)12-19-17(21)20-15-6-5-11-22-16(15)14-7-9-18-10-8-14/h7-10,13,15-16H,3-6,11-12H2,1-2H3,(H2,19,20,21)/t15-,16+/m0/s1. The van der Waals surface area contributed by atoms with E-state index in [1.165, 1.54) is 0 Å². The molecule has 122 valence electrons. The van der Waals surface area contributed by atoms with Crippen molar-refractivity contribution in [3.05, 3.63) is 30.1 Å². The molecule has 1 aromatic heterocycles. The topological polar surface area (TPSA) is 63.2 Å². The molecular formula is C17H27N3O2. The van der Waals surface area contributed by atoms with E-state index in [1.807, 2.05) is 12.1 Å². The first kappa shape index (κ1) is 16.7. The Labute approximate surface area is 132 Å². The predicted octanol–water partition coefficient (Wildman–Crippen LogP) is 3.04. The minimum atomic E-state index is -0.0959. The summed E-state index contributed by atoms with van der Waals surface area (Å²) in [5.74, 6) is 0.546. The van der Waals surface area contributed by atoms with Gasteiger partial charge in [-0.25, -0.2) is 4.79 Å². The van der Waals surface area contributed by atoms with Crippen molar-refractivity contribution in [1.29, 1.82) is 0 Å². The molecule has 2 atom stereocenters. The van der Waals surface area contributed by atoms with E-state index in [9.17, 15) is 4.79 Å². The maximum absolute atomic E-state index is 12.1. The second-order valence-electron chi connectivity index (χ2n) is 5.86. The Morgan fingerprint density at radius 2 is 2.09 bits per heavy atom. The molecule has 0 aliphatic carbocycles. The first-order chi connectivity index (χ1) is 10.7. The third kappa shape index (κ3) is 4.70. The van der Waals surface area contributed by atoms with Crippen LogP contribution in [0, 0.1) is 5.92 Å². The highest BCUT2D eigenvalue weighted by Crippen LogP contribution is 2.27. The Hall–Kier alpha value is -1.62. The van der Waals surface area contributed by atoms with Crippen molar-refractivity contribution in [3.63, 3.8) is 0 Å². The summed E-state index contributed by atoms with van der Waals surface area (Å²) >= 11 is 0. The van der Waals surface area contributed by atoms with Crippen LogP contribution in [0.25, 0.3) is 0 Å². The molecule has 2 heterocycles. The number of carbonyl (C=O) groups is 1. The van der Waals surface area contributed by atoms with Crippen LogP contribution in [0.2, 0.25) is 0 Å². The van der Waals surface area contributed by atoms with Gasteiger partial charge in [0.05, 0.1) is 6.04 Å². The highest BCUT2D eigenvalue weighted by Gasteiger charge is 2.28. The zero-order chi connectivity index (χ0) is 15.8. The largest absolute Gasteiger partial charge is 0.371 e. The fraction of sp³-hybridized carbons (Fsp3) is 0.647. The Morgan fingerprint density at radius 3 is 2.77 bits per heavy atom. The average Bonchev–Trinajstić information content (AvgIpc) is 2.57. The van der Waals surface area contributed by atoms with E-state index < -0.39 is 0 Å². The first-order valence-corrected chi connectivity index (χ1v) is 8.30. The molecule has 0 radical (unpaired) electrons. The fourth-order valence-corrected chi connectivity index (χ4v) is 2.84. The fourth-order valence-electron chi connectivity index (χ4n) is 2.84. The summed E-state index contributed by atoms with van der Waals surface area (Å²) in [4.78, 5) is 16.2. The number of rotatable bonds is 6. The van der Waals surface area contributed by atoms with Crippen LogP contribution in [-0.2, 0) is 4.74 Å². The van der Waals surface area contributed by atoms with Crippen LogP contribution in [0.4, 0.5) is 4.79 Å². The molecule has 1 aromatic rings. The van der Waals surface area contributed by atoms with Gasteiger partial charge >= 0.3 is 6.03 Å². The van der Waals surface area contributed by atoms with Crippen molar-refractivity contribution >= 4 is 6.03 Å². The summed E-state index contributed by atoms with van der Waals surface area (Å²) in [6, 6.07) is 3.82. The first-order valence-electron chi connectivity index (χ1n) is 8.30. The maximum atomic E-state index is 12.1. The number of carbonyl (C=O) groups excluding carboxylic acids is 1. The number of hydrogen-bond donors (Lipinski definition) is 2. The van der Waals surface area contributed by atoms with Gasteiger partial charge in [-0.2, -0.15) is 0 Å². The Kier molecular flexibility index (Phi) is 6.65. The smallest absolute Gasteiger partial charge is 0.315 e. The van der Waals surface area contributed by atoms with E-state index in [1.54, 1.807) is 12.4 Å². The lowest BCUT2D eigenvalue weighted by molar-refractivity contribution is -0.00748. The van der Waals surface area contributed by atoms with E-state index in [4.69, 9.17) is 4.74 Å². The maximum Gasteiger partial charge on any atom is 0.315 e. The van der Waals surface area contributed by atoms with Gasteiger partial charge in [0, 0.05) is 25.5 Å². The van der Waals surface area contributed by atoms with Crippen LogP contribution in [-0.4, -0.2) is 30.2 Å². The Balaban J connectivity index is 1.90.